The predicted molar refractivity (Wildman–Crippen MR) is 57.1 cm³/mol. The van der Waals surface area contributed by atoms with Crippen molar-refractivity contribution in [2.75, 3.05) is 19.8 Å². The summed E-state index contributed by atoms with van der Waals surface area (Å²) < 4.78 is 7.25. The van der Waals surface area contributed by atoms with E-state index in [-0.39, 0.29) is 0 Å². The molecule has 2 heterocycles. The third kappa shape index (κ3) is 2.82. The Bertz CT molecular complexity index is 369. The maximum Gasteiger partial charge on any atom is 0.0646 e. The maximum absolute atomic E-state index is 5.32. The summed E-state index contributed by atoms with van der Waals surface area (Å²) in [4.78, 5) is 0. The first-order chi connectivity index (χ1) is 7.38. The molecule has 0 aliphatic carbocycles. The predicted octanol–water partition coefficient (Wildman–Crippen LogP) is 0.230. The van der Waals surface area contributed by atoms with Gasteiger partial charge in [-0.2, -0.15) is 5.10 Å². The average Bonchev–Trinajstić information content (AvgIpc) is 2.87. The molecular weight excluding hydrogens is 190 g/mol. The molecule has 1 fully saturated rings. The van der Waals surface area contributed by atoms with Crippen molar-refractivity contribution in [3.05, 3.63) is 18.0 Å². The van der Waals surface area contributed by atoms with Gasteiger partial charge in [-0.15, -0.1) is 0 Å². The van der Waals surface area contributed by atoms with E-state index in [1.807, 2.05) is 10.9 Å². The van der Waals surface area contributed by atoms with Crippen LogP contribution in [-0.2, 0) is 11.3 Å². The van der Waals surface area contributed by atoms with Crippen LogP contribution in [-0.4, -0.2) is 29.5 Å². The molecule has 0 bridgehead atoms. The molecule has 0 spiro atoms. The summed E-state index contributed by atoms with van der Waals surface area (Å²) in [5.41, 5.74) is 6.23. The molecule has 1 atom stereocenters. The molecule has 80 valence electrons. The largest absolute Gasteiger partial charge is 0.381 e. The minimum Gasteiger partial charge on any atom is -0.381 e. The fraction of sp³-hybridized carbons (Fsp3) is 0.545. The average molecular weight is 205 g/mol. The van der Waals surface area contributed by atoms with Crippen molar-refractivity contribution in [1.29, 1.82) is 0 Å². The number of nitrogens with two attached hydrogens (primary N) is 1. The van der Waals surface area contributed by atoms with E-state index in [1.165, 1.54) is 0 Å². The molecule has 4 nitrogen and oxygen atoms in total. The molecule has 1 aliphatic rings. The Labute approximate surface area is 89.4 Å². The quantitative estimate of drug-likeness (QED) is 0.703. The lowest BCUT2D eigenvalue weighted by molar-refractivity contribution is 0.181. The summed E-state index contributed by atoms with van der Waals surface area (Å²) in [5.74, 6) is 6.37. The van der Waals surface area contributed by atoms with Gasteiger partial charge in [0.15, 0.2) is 0 Å². The van der Waals surface area contributed by atoms with Gasteiger partial charge in [-0.25, -0.2) is 0 Å². The Morgan fingerprint density at radius 1 is 1.67 bits per heavy atom. The first kappa shape index (κ1) is 10.2. The highest BCUT2D eigenvalue weighted by atomic mass is 16.5. The lowest BCUT2D eigenvalue weighted by Gasteiger charge is -2.06. The van der Waals surface area contributed by atoms with E-state index < -0.39 is 0 Å². The summed E-state index contributed by atoms with van der Waals surface area (Å²) in [6.07, 6.45) is 4.86. The minimum absolute atomic E-state index is 0.391. The van der Waals surface area contributed by atoms with Crippen LogP contribution in [0.2, 0.25) is 0 Å². The van der Waals surface area contributed by atoms with Crippen LogP contribution >= 0.6 is 0 Å². The molecular formula is C11H15N3O. The highest BCUT2D eigenvalue weighted by molar-refractivity contribution is 5.29. The number of aromatic nitrogens is 2. The normalized spacial score (nSPS) is 19.9. The van der Waals surface area contributed by atoms with E-state index >= 15 is 0 Å². The SMILES string of the molecule is NCC#Cc1cnn(C[C@H]2CCOC2)c1. The van der Waals surface area contributed by atoms with E-state index in [0.29, 0.717) is 12.5 Å². The molecule has 15 heavy (non-hydrogen) atoms. The second-order valence-corrected chi connectivity index (χ2v) is 3.69. The van der Waals surface area contributed by atoms with E-state index in [1.54, 1.807) is 6.20 Å². The Hall–Kier alpha value is -1.31. The van der Waals surface area contributed by atoms with Gasteiger partial charge in [0.1, 0.15) is 0 Å². The molecule has 0 aromatic carbocycles. The van der Waals surface area contributed by atoms with Crippen molar-refractivity contribution in [2.24, 2.45) is 11.7 Å². The summed E-state index contributed by atoms with van der Waals surface area (Å²) in [6, 6.07) is 0. The topological polar surface area (TPSA) is 53.1 Å². The van der Waals surface area contributed by atoms with Gasteiger partial charge >= 0.3 is 0 Å². The number of rotatable bonds is 2. The van der Waals surface area contributed by atoms with Gasteiger partial charge in [-0.1, -0.05) is 11.8 Å². The van der Waals surface area contributed by atoms with Crippen molar-refractivity contribution in [3.8, 4) is 11.8 Å². The van der Waals surface area contributed by atoms with Crippen LogP contribution in [0.4, 0.5) is 0 Å². The first-order valence-corrected chi connectivity index (χ1v) is 5.17. The van der Waals surface area contributed by atoms with Gasteiger partial charge in [0.05, 0.1) is 24.9 Å². The van der Waals surface area contributed by atoms with Crippen LogP contribution in [0.3, 0.4) is 0 Å². The van der Waals surface area contributed by atoms with Crippen LogP contribution < -0.4 is 5.73 Å². The molecule has 1 aromatic rings. The smallest absolute Gasteiger partial charge is 0.0646 e. The lowest BCUT2D eigenvalue weighted by atomic mass is 10.1. The van der Waals surface area contributed by atoms with E-state index in [0.717, 1.165) is 31.7 Å². The highest BCUT2D eigenvalue weighted by Crippen LogP contribution is 2.14. The van der Waals surface area contributed by atoms with Gasteiger partial charge in [0, 0.05) is 25.3 Å². The Morgan fingerprint density at radius 3 is 3.33 bits per heavy atom. The number of nitrogens with zero attached hydrogens (tertiary/aromatic N) is 2. The third-order valence-corrected chi connectivity index (χ3v) is 2.44. The summed E-state index contributed by atoms with van der Waals surface area (Å²) in [7, 11) is 0. The summed E-state index contributed by atoms with van der Waals surface area (Å²) in [5, 5.41) is 4.25. The first-order valence-electron chi connectivity index (χ1n) is 5.17. The van der Waals surface area contributed by atoms with E-state index in [9.17, 15) is 0 Å². The molecule has 2 rings (SSSR count). The highest BCUT2D eigenvalue weighted by Gasteiger charge is 2.16. The van der Waals surface area contributed by atoms with Crippen LogP contribution in [0.25, 0.3) is 0 Å². The Morgan fingerprint density at radius 2 is 2.60 bits per heavy atom. The van der Waals surface area contributed by atoms with Gasteiger partial charge in [-0.3, -0.25) is 4.68 Å². The van der Waals surface area contributed by atoms with Crippen LogP contribution in [0.1, 0.15) is 12.0 Å². The zero-order chi connectivity index (χ0) is 10.5. The van der Waals surface area contributed by atoms with Crippen LogP contribution in [0.15, 0.2) is 12.4 Å². The van der Waals surface area contributed by atoms with Crippen molar-refractivity contribution in [1.82, 2.24) is 9.78 Å². The summed E-state index contributed by atoms with van der Waals surface area (Å²) in [6.45, 7) is 3.04. The Kier molecular flexibility index (Phi) is 3.38. The van der Waals surface area contributed by atoms with Crippen LogP contribution in [0.5, 0.6) is 0 Å². The monoisotopic (exact) mass is 205 g/mol. The molecule has 1 aromatic heterocycles. The van der Waals surface area contributed by atoms with Gasteiger partial charge < -0.3 is 10.5 Å². The molecule has 0 amide bonds. The van der Waals surface area contributed by atoms with E-state index in [2.05, 4.69) is 16.9 Å². The fourth-order valence-corrected chi connectivity index (χ4v) is 1.67. The molecule has 0 unspecified atom stereocenters. The van der Waals surface area contributed by atoms with Crippen molar-refractivity contribution in [2.45, 2.75) is 13.0 Å². The van der Waals surface area contributed by atoms with Gasteiger partial charge in [-0.05, 0) is 6.42 Å². The number of hydrogen-bond acceptors (Lipinski definition) is 3. The maximum atomic E-state index is 5.32. The minimum atomic E-state index is 0.391. The fourth-order valence-electron chi connectivity index (χ4n) is 1.67. The van der Waals surface area contributed by atoms with Crippen molar-refractivity contribution < 1.29 is 4.74 Å². The molecule has 0 saturated carbocycles. The third-order valence-electron chi connectivity index (χ3n) is 2.44. The molecule has 1 aliphatic heterocycles. The van der Waals surface area contributed by atoms with Crippen LogP contribution in [0, 0.1) is 17.8 Å². The zero-order valence-electron chi connectivity index (χ0n) is 8.65. The van der Waals surface area contributed by atoms with Crippen molar-refractivity contribution >= 4 is 0 Å². The second-order valence-electron chi connectivity index (χ2n) is 3.69. The molecule has 2 N–H and O–H groups in total. The zero-order valence-corrected chi connectivity index (χ0v) is 8.65. The molecule has 1 saturated heterocycles. The molecule has 0 radical (unpaired) electrons. The van der Waals surface area contributed by atoms with E-state index in [4.69, 9.17) is 10.5 Å². The van der Waals surface area contributed by atoms with Gasteiger partial charge in [0.2, 0.25) is 0 Å². The standard InChI is InChI=1S/C11H15N3O/c12-4-1-2-10-6-13-14(7-10)8-11-3-5-15-9-11/h6-7,11H,3-5,8-9,12H2/t11-/m1/s1. The number of ether oxygens (including phenoxy) is 1. The number of hydrogen-bond donors (Lipinski definition) is 1. The Balaban J connectivity index is 1.94. The molecule has 4 heteroatoms. The van der Waals surface area contributed by atoms with Gasteiger partial charge in [0.25, 0.3) is 0 Å². The van der Waals surface area contributed by atoms with Crippen molar-refractivity contribution in [3.63, 3.8) is 0 Å². The summed E-state index contributed by atoms with van der Waals surface area (Å²) >= 11 is 0. The lowest BCUT2D eigenvalue weighted by Crippen LogP contribution is -2.10. The second kappa shape index (κ2) is 4.96.